The second-order valence-corrected chi connectivity index (χ2v) is 5.75. The van der Waals surface area contributed by atoms with Crippen molar-refractivity contribution in [3.8, 4) is 0 Å². The van der Waals surface area contributed by atoms with Gasteiger partial charge in [0.2, 0.25) is 5.91 Å². The maximum Gasteiger partial charge on any atom is 0.255 e. The van der Waals surface area contributed by atoms with E-state index < -0.39 is 0 Å². The van der Waals surface area contributed by atoms with E-state index in [1.165, 1.54) is 0 Å². The summed E-state index contributed by atoms with van der Waals surface area (Å²) in [5, 5.41) is 0.438. The molecule has 6 heteroatoms. The van der Waals surface area contributed by atoms with Crippen LogP contribution in [0.25, 0.3) is 0 Å². The number of hydrogen-bond donors (Lipinski definition) is 0. The van der Waals surface area contributed by atoms with Crippen LogP contribution in [0.5, 0.6) is 0 Å². The zero-order valence-corrected chi connectivity index (χ0v) is 12.9. The van der Waals surface area contributed by atoms with Crippen LogP contribution >= 0.6 is 27.5 Å². The topological polar surface area (TPSA) is 40.6 Å². The predicted molar refractivity (Wildman–Crippen MR) is 77.3 cm³/mol. The lowest BCUT2D eigenvalue weighted by atomic mass is 10.2. The van der Waals surface area contributed by atoms with Crippen molar-refractivity contribution in [1.29, 1.82) is 0 Å². The number of piperazine rings is 1. The fourth-order valence-corrected chi connectivity index (χ4v) is 2.81. The average molecular weight is 346 g/mol. The van der Waals surface area contributed by atoms with Crippen LogP contribution in [0.2, 0.25) is 5.02 Å². The third kappa shape index (κ3) is 3.28. The minimum absolute atomic E-state index is 0.0498. The van der Waals surface area contributed by atoms with Gasteiger partial charge < -0.3 is 9.80 Å². The Hall–Kier alpha value is -1.07. The van der Waals surface area contributed by atoms with Crippen molar-refractivity contribution in [3.05, 3.63) is 33.3 Å². The zero-order valence-electron chi connectivity index (χ0n) is 10.5. The van der Waals surface area contributed by atoms with Crippen molar-refractivity contribution in [3.63, 3.8) is 0 Å². The molecule has 0 unspecified atom stereocenters. The van der Waals surface area contributed by atoms with Crippen LogP contribution in [-0.2, 0) is 4.79 Å². The van der Waals surface area contributed by atoms with Gasteiger partial charge in [-0.1, -0.05) is 27.5 Å². The summed E-state index contributed by atoms with van der Waals surface area (Å²) in [7, 11) is 0. The molecule has 0 N–H and O–H groups in total. The first-order chi connectivity index (χ1) is 8.99. The molecule has 1 aliphatic heterocycles. The van der Waals surface area contributed by atoms with Crippen LogP contribution in [-0.4, -0.2) is 47.8 Å². The van der Waals surface area contributed by atoms with Gasteiger partial charge in [0, 0.05) is 37.6 Å². The summed E-state index contributed by atoms with van der Waals surface area (Å²) in [6.07, 6.45) is 0. The average Bonchev–Trinajstić information content (AvgIpc) is 2.38. The number of benzene rings is 1. The van der Waals surface area contributed by atoms with Gasteiger partial charge in [-0.15, -0.1) is 0 Å². The van der Waals surface area contributed by atoms with E-state index >= 15 is 0 Å². The Kier molecular flexibility index (Phi) is 4.47. The van der Waals surface area contributed by atoms with Gasteiger partial charge in [0.25, 0.3) is 5.91 Å². The van der Waals surface area contributed by atoms with E-state index in [0.29, 0.717) is 36.8 Å². The van der Waals surface area contributed by atoms with E-state index in [0.717, 1.165) is 4.47 Å². The van der Waals surface area contributed by atoms with Gasteiger partial charge in [0.1, 0.15) is 0 Å². The number of carbonyl (C=O) groups excluding carboxylic acids is 2. The Balaban J connectivity index is 2.07. The molecule has 0 radical (unpaired) electrons. The Morgan fingerprint density at radius 2 is 1.74 bits per heavy atom. The van der Waals surface area contributed by atoms with E-state index in [1.54, 1.807) is 34.9 Å². The third-order valence-electron chi connectivity index (χ3n) is 3.17. The van der Waals surface area contributed by atoms with E-state index in [4.69, 9.17) is 11.6 Å². The molecule has 0 saturated carbocycles. The van der Waals surface area contributed by atoms with Crippen LogP contribution in [0.3, 0.4) is 0 Å². The summed E-state index contributed by atoms with van der Waals surface area (Å²) in [4.78, 5) is 27.0. The van der Waals surface area contributed by atoms with E-state index in [-0.39, 0.29) is 11.8 Å². The largest absolute Gasteiger partial charge is 0.339 e. The number of amides is 2. The highest BCUT2D eigenvalue weighted by Crippen LogP contribution is 2.23. The van der Waals surface area contributed by atoms with Crippen LogP contribution in [0.15, 0.2) is 22.7 Å². The molecule has 0 spiro atoms. The van der Waals surface area contributed by atoms with Gasteiger partial charge in [-0.3, -0.25) is 9.59 Å². The van der Waals surface area contributed by atoms with Gasteiger partial charge in [0.05, 0.1) is 10.6 Å². The van der Waals surface area contributed by atoms with Crippen molar-refractivity contribution in [2.24, 2.45) is 0 Å². The van der Waals surface area contributed by atoms with Gasteiger partial charge >= 0.3 is 0 Å². The van der Waals surface area contributed by atoms with E-state index in [2.05, 4.69) is 15.9 Å². The molecule has 0 aromatic heterocycles. The minimum atomic E-state index is -0.0827. The normalized spacial score (nSPS) is 15.5. The molecular formula is C13H14BrClN2O2. The van der Waals surface area contributed by atoms with Crippen molar-refractivity contribution >= 4 is 39.3 Å². The maximum absolute atomic E-state index is 12.3. The maximum atomic E-state index is 12.3. The highest BCUT2D eigenvalue weighted by Gasteiger charge is 2.24. The fraction of sp³-hybridized carbons (Fsp3) is 0.385. The quantitative estimate of drug-likeness (QED) is 0.784. The molecule has 4 nitrogen and oxygen atoms in total. The standard InChI is InChI=1S/C13H14BrClN2O2/c1-9(18)16-4-6-17(7-5-16)13(19)11-3-2-10(14)8-12(11)15/h2-3,8H,4-7H2,1H3. The first kappa shape index (κ1) is 14.3. The zero-order chi connectivity index (χ0) is 14.0. The molecule has 0 bridgehead atoms. The number of rotatable bonds is 1. The third-order valence-corrected chi connectivity index (χ3v) is 3.98. The van der Waals surface area contributed by atoms with E-state index in [1.807, 2.05) is 0 Å². The summed E-state index contributed by atoms with van der Waals surface area (Å²) in [5.74, 6) is -0.0329. The molecule has 1 saturated heterocycles. The molecule has 0 aliphatic carbocycles. The molecule has 0 atom stereocenters. The lowest BCUT2D eigenvalue weighted by Gasteiger charge is -2.34. The van der Waals surface area contributed by atoms with Crippen LogP contribution in [0.4, 0.5) is 0 Å². The first-order valence-corrected chi connectivity index (χ1v) is 7.16. The molecule has 2 amide bonds. The summed E-state index contributed by atoms with van der Waals surface area (Å²) >= 11 is 9.39. The second kappa shape index (κ2) is 5.92. The Morgan fingerprint density at radius 1 is 1.16 bits per heavy atom. The van der Waals surface area contributed by atoms with E-state index in [9.17, 15) is 9.59 Å². The van der Waals surface area contributed by atoms with Crippen LogP contribution in [0, 0.1) is 0 Å². The molecule has 1 heterocycles. The molecule has 1 aliphatic rings. The van der Waals surface area contributed by atoms with Crippen molar-refractivity contribution in [1.82, 2.24) is 9.80 Å². The van der Waals surface area contributed by atoms with Crippen molar-refractivity contribution in [2.45, 2.75) is 6.92 Å². The molecule has 19 heavy (non-hydrogen) atoms. The Bertz CT molecular complexity index is 513. The van der Waals surface area contributed by atoms with Gasteiger partial charge in [-0.05, 0) is 18.2 Å². The Morgan fingerprint density at radius 3 is 2.26 bits per heavy atom. The molecule has 1 fully saturated rings. The summed E-state index contributed by atoms with van der Waals surface area (Å²) in [5.41, 5.74) is 0.501. The molecular weight excluding hydrogens is 332 g/mol. The highest BCUT2D eigenvalue weighted by molar-refractivity contribution is 9.10. The lowest BCUT2D eigenvalue weighted by molar-refractivity contribution is -0.130. The SMILES string of the molecule is CC(=O)N1CCN(C(=O)c2ccc(Br)cc2Cl)CC1. The molecule has 102 valence electrons. The summed E-state index contributed by atoms with van der Waals surface area (Å²) in [6, 6.07) is 5.22. The van der Waals surface area contributed by atoms with Crippen molar-refractivity contribution < 1.29 is 9.59 Å². The number of halogens is 2. The smallest absolute Gasteiger partial charge is 0.255 e. The fourth-order valence-electron chi connectivity index (χ4n) is 2.06. The second-order valence-electron chi connectivity index (χ2n) is 4.42. The van der Waals surface area contributed by atoms with Crippen molar-refractivity contribution in [2.75, 3.05) is 26.2 Å². The number of nitrogens with zero attached hydrogens (tertiary/aromatic N) is 2. The lowest BCUT2D eigenvalue weighted by Crippen LogP contribution is -2.50. The molecule has 2 rings (SSSR count). The minimum Gasteiger partial charge on any atom is -0.339 e. The molecule has 1 aromatic rings. The highest BCUT2D eigenvalue weighted by atomic mass is 79.9. The first-order valence-electron chi connectivity index (χ1n) is 5.99. The molecule has 1 aromatic carbocycles. The monoisotopic (exact) mass is 344 g/mol. The van der Waals surface area contributed by atoms with Crippen LogP contribution in [0.1, 0.15) is 17.3 Å². The predicted octanol–water partition coefficient (Wildman–Crippen LogP) is 2.41. The van der Waals surface area contributed by atoms with Gasteiger partial charge in [0.15, 0.2) is 0 Å². The Labute approximate surface area is 125 Å². The van der Waals surface area contributed by atoms with Gasteiger partial charge in [-0.2, -0.15) is 0 Å². The summed E-state index contributed by atoms with van der Waals surface area (Å²) in [6.45, 7) is 3.79. The summed E-state index contributed by atoms with van der Waals surface area (Å²) < 4.78 is 0.843. The number of hydrogen-bond acceptors (Lipinski definition) is 2. The number of carbonyl (C=O) groups is 2. The van der Waals surface area contributed by atoms with Crippen LogP contribution < -0.4 is 0 Å². The van der Waals surface area contributed by atoms with Gasteiger partial charge in [-0.25, -0.2) is 0 Å².